The molecule has 0 spiro atoms. The SMILES string of the molecule is CCn1c(C2CCC([N+](=O)[O-])CC2)cnc1[C@@H](N)CC1CCCCN1. The van der Waals surface area contributed by atoms with Crippen molar-refractivity contribution in [3.05, 3.63) is 27.8 Å². The molecule has 7 nitrogen and oxygen atoms in total. The lowest BCUT2D eigenvalue weighted by atomic mass is 9.84. The molecule has 0 aromatic carbocycles. The fourth-order valence-corrected chi connectivity index (χ4v) is 4.49. The molecule has 140 valence electrons. The maximum atomic E-state index is 11.0. The van der Waals surface area contributed by atoms with Gasteiger partial charge in [0.05, 0.1) is 6.04 Å². The molecule has 1 unspecified atom stereocenters. The van der Waals surface area contributed by atoms with Gasteiger partial charge in [0.1, 0.15) is 5.82 Å². The van der Waals surface area contributed by atoms with Crippen LogP contribution in [0.3, 0.4) is 0 Å². The van der Waals surface area contributed by atoms with Crippen LogP contribution in [0.4, 0.5) is 0 Å². The van der Waals surface area contributed by atoms with Crippen LogP contribution in [-0.2, 0) is 6.54 Å². The second kappa shape index (κ2) is 8.27. The summed E-state index contributed by atoms with van der Waals surface area (Å²) in [6, 6.07) is 0.0671. The van der Waals surface area contributed by atoms with E-state index in [2.05, 4.69) is 21.8 Å². The lowest BCUT2D eigenvalue weighted by molar-refractivity contribution is -0.526. The lowest BCUT2D eigenvalue weighted by Gasteiger charge is -2.27. The number of nitrogens with two attached hydrogens (primary N) is 1. The van der Waals surface area contributed by atoms with Crippen LogP contribution in [0.15, 0.2) is 6.20 Å². The molecule has 2 atom stereocenters. The average Bonchev–Trinajstić information content (AvgIpc) is 3.06. The third-order valence-electron chi connectivity index (χ3n) is 5.93. The Balaban J connectivity index is 1.67. The molecule has 0 radical (unpaired) electrons. The number of nitrogens with zero attached hydrogens (tertiary/aromatic N) is 3. The van der Waals surface area contributed by atoms with E-state index in [-0.39, 0.29) is 17.0 Å². The highest BCUT2D eigenvalue weighted by molar-refractivity contribution is 5.14. The van der Waals surface area contributed by atoms with Crippen LogP contribution in [0.5, 0.6) is 0 Å². The Kier molecular flexibility index (Phi) is 6.06. The molecule has 1 saturated heterocycles. The molecule has 1 aromatic rings. The molecule has 2 heterocycles. The highest BCUT2D eigenvalue weighted by Crippen LogP contribution is 2.35. The second-order valence-corrected chi connectivity index (χ2v) is 7.57. The first kappa shape index (κ1) is 18.3. The zero-order valence-corrected chi connectivity index (χ0v) is 15.2. The highest BCUT2D eigenvalue weighted by atomic mass is 16.6. The Morgan fingerprint density at radius 2 is 2.12 bits per heavy atom. The smallest absolute Gasteiger partial charge is 0.213 e. The van der Waals surface area contributed by atoms with Crippen molar-refractivity contribution in [3.63, 3.8) is 0 Å². The van der Waals surface area contributed by atoms with Crippen LogP contribution >= 0.6 is 0 Å². The van der Waals surface area contributed by atoms with Gasteiger partial charge in [0.2, 0.25) is 6.04 Å². The Hall–Kier alpha value is -1.47. The number of rotatable bonds is 6. The van der Waals surface area contributed by atoms with Crippen molar-refractivity contribution >= 4 is 0 Å². The van der Waals surface area contributed by atoms with E-state index >= 15 is 0 Å². The molecular formula is C18H31N5O2. The lowest BCUT2D eigenvalue weighted by Crippen LogP contribution is -2.37. The van der Waals surface area contributed by atoms with Crippen molar-refractivity contribution in [1.82, 2.24) is 14.9 Å². The summed E-state index contributed by atoms with van der Waals surface area (Å²) in [5.41, 5.74) is 7.71. The number of hydrogen-bond acceptors (Lipinski definition) is 5. The zero-order valence-electron chi connectivity index (χ0n) is 15.2. The summed E-state index contributed by atoms with van der Waals surface area (Å²) in [6.07, 6.45) is 9.68. The van der Waals surface area contributed by atoms with E-state index in [4.69, 9.17) is 5.73 Å². The first-order chi connectivity index (χ1) is 12.1. The molecule has 1 saturated carbocycles. The minimum absolute atomic E-state index is 0.0561. The molecule has 3 N–H and O–H groups in total. The van der Waals surface area contributed by atoms with Crippen molar-refractivity contribution in [3.8, 4) is 0 Å². The van der Waals surface area contributed by atoms with E-state index in [1.54, 1.807) is 0 Å². The largest absolute Gasteiger partial charge is 0.331 e. The van der Waals surface area contributed by atoms with Gasteiger partial charge in [-0.2, -0.15) is 0 Å². The van der Waals surface area contributed by atoms with Crippen molar-refractivity contribution in [2.24, 2.45) is 5.73 Å². The molecule has 2 aliphatic rings. The van der Waals surface area contributed by atoms with Crippen LogP contribution in [0.2, 0.25) is 0 Å². The van der Waals surface area contributed by atoms with Gasteiger partial charge < -0.3 is 15.6 Å². The molecule has 3 rings (SSSR count). The number of imidazole rings is 1. The highest BCUT2D eigenvalue weighted by Gasteiger charge is 2.31. The summed E-state index contributed by atoms with van der Waals surface area (Å²) in [5, 5.41) is 14.5. The summed E-state index contributed by atoms with van der Waals surface area (Å²) in [5.74, 6) is 1.35. The predicted molar refractivity (Wildman–Crippen MR) is 97.1 cm³/mol. The van der Waals surface area contributed by atoms with E-state index in [9.17, 15) is 10.1 Å². The van der Waals surface area contributed by atoms with Crippen molar-refractivity contribution in [1.29, 1.82) is 0 Å². The summed E-state index contributed by atoms with van der Waals surface area (Å²) in [4.78, 5) is 15.5. The van der Waals surface area contributed by atoms with Crippen LogP contribution in [0.25, 0.3) is 0 Å². The van der Waals surface area contributed by atoms with E-state index in [0.717, 1.165) is 38.2 Å². The first-order valence-electron chi connectivity index (χ1n) is 9.78. The first-order valence-corrected chi connectivity index (χ1v) is 9.78. The summed E-state index contributed by atoms with van der Waals surface area (Å²) >= 11 is 0. The number of nitro groups is 1. The third-order valence-corrected chi connectivity index (χ3v) is 5.93. The van der Waals surface area contributed by atoms with Gasteiger partial charge in [-0.1, -0.05) is 6.42 Å². The quantitative estimate of drug-likeness (QED) is 0.608. The van der Waals surface area contributed by atoms with Crippen LogP contribution in [0.1, 0.15) is 81.8 Å². The normalized spacial score (nSPS) is 28.6. The molecule has 2 fully saturated rings. The Morgan fingerprint density at radius 3 is 2.72 bits per heavy atom. The minimum atomic E-state index is -0.367. The monoisotopic (exact) mass is 349 g/mol. The van der Waals surface area contributed by atoms with Crippen molar-refractivity contribution in [2.75, 3.05) is 6.54 Å². The van der Waals surface area contributed by atoms with Crippen LogP contribution < -0.4 is 11.1 Å². The fourth-order valence-electron chi connectivity index (χ4n) is 4.49. The molecule has 0 bridgehead atoms. The van der Waals surface area contributed by atoms with Crippen LogP contribution in [0, 0.1) is 10.1 Å². The van der Waals surface area contributed by atoms with Gasteiger partial charge in [-0.05, 0) is 45.6 Å². The van der Waals surface area contributed by atoms with E-state index in [1.807, 2.05) is 6.20 Å². The fraction of sp³-hybridized carbons (Fsp3) is 0.833. The van der Waals surface area contributed by atoms with E-state index in [0.29, 0.717) is 24.8 Å². The minimum Gasteiger partial charge on any atom is -0.331 e. The van der Waals surface area contributed by atoms with E-state index < -0.39 is 0 Å². The van der Waals surface area contributed by atoms with Gasteiger partial charge in [0.15, 0.2) is 0 Å². The Bertz CT molecular complexity index is 574. The predicted octanol–water partition coefficient (Wildman–Crippen LogP) is 2.74. The van der Waals surface area contributed by atoms with Gasteiger partial charge in [-0.3, -0.25) is 10.1 Å². The van der Waals surface area contributed by atoms with Gasteiger partial charge in [-0.25, -0.2) is 4.98 Å². The second-order valence-electron chi connectivity index (χ2n) is 7.57. The topological polar surface area (TPSA) is 99.0 Å². The number of hydrogen-bond donors (Lipinski definition) is 2. The third kappa shape index (κ3) is 4.20. The van der Waals surface area contributed by atoms with Gasteiger partial charge in [0, 0.05) is 48.2 Å². The maximum absolute atomic E-state index is 11.0. The van der Waals surface area contributed by atoms with Crippen LogP contribution in [-0.4, -0.2) is 33.1 Å². The number of nitrogens with one attached hydrogen (secondary N) is 1. The molecule has 1 aliphatic heterocycles. The van der Waals surface area contributed by atoms with E-state index in [1.165, 1.54) is 25.0 Å². The number of piperidine rings is 1. The molecule has 25 heavy (non-hydrogen) atoms. The van der Waals surface area contributed by atoms with Crippen molar-refractivity contribution < 1.29 is 4.92 Å². The molecule has 0 amide bonds. The standard InChI is InChI=1S/C18H31N5O2/c1-2-22-17(13-6-8-15(9-7-13)23(24)25)12-21-18(22)16(19)11-14-5-3-4-10-20-14/h12-16,20H,2-11,19H2,1H3/t13?,14?,15?,16-/m0/s1. The van der Waals surface area contributed by atoms with Gasteiger partial charge in [0.25, 0.3) is 0 Å². The molecular weight excluding hydrogens is 318 g/mol. The molecule has 1 aromatic heterocycles. The Labute approximate surface area is 149 Å². The number of aromatic nitrogens is 2. The summed E-state index contributed by atoms with van der Waals surface area (Å²) < 4.78 is 2.25. The summed E-state index contributed by atoms with van der Waals surface area (Å²) in [7, 11) is 0. The summed E-state index contributed by atoms with van der Waals surface area (Å²) in [6.45, 7) is 4.07. The van der Waals surface area contributed by atoms with Gasteiger partial charge in [-0.15, -0.1) is 0 Å². The average molecular weight is 349 g/mol. The molecule has 1 aliphatic carbocycles. The molecule has 7 heteroatoms. The van der Waals surface area contributed by atoms with Gasteiger partial charge >= 0.3 is 0 Å². The zero-order chi connectivity index (χ0) is 17.8. The maximum Gasteiger partial charge on any atom is 0.213 e. The van der Waals surface area contributed by atoms with Crippen molar-refractivity contribution in [2.45, 2.75) is 88.9 Å². The Morgan fingerprint density at radius 1 is 1.36 bits per heavy atom.